The summed E-state index contributed by atoms with van der Waals surface area (Å²) in [6, 6.07) is 14.2. The molecule has 3 rings (SSSR count). The Morgan fingerprint density at radius 1 is 1.17 bits per heavy atom. The normalized spacial score (nSPS) is 13.7. The molecule has 0 radical (unpaired) electrons. The predicted molar refractivity (Wildman–Crippen MR) is 111 cm³/mol. The molecule has 1 amide bonds. The lowest BCUT2D eigenvalue weighted by Gasteiger charge is -2.15. The average molecular weight is 412 g/mol. The van der Waals surface area contributed by atoms with Crippen molar-refractivity contribution in [3.05, 3.63) is 54.1 Å². The van der Waals surface area contributed by atoms with Crippen molar-refractivity contribution in [3.63, 3.8) is 0 Å². The molecule has 0 N–H and O–H groups in total. The maximum absolute atomic E-state index is 11.9. The van der Waals surface area contributed by atoms with Crippen molar-refractivity contribution in [3.8, 4) is 11.5 Å². The van der Waals surface area contributed by atoms with Gasteiger partial charge in [0.1, 0.15) is 37.0 Å². The number of rotatable bonds is 9. The summed E-state index contributed by atoms with van der Waals surface area (Å²) in [4.78, 5) is 30.0. The van der Waals surface area contributed by atoms with Crippen molar-refractivity contribution in [1.29, 1.82) is 0 Å². The van der Waals surface area contributed by atoms with Gasteiger partial charge >= 0.3 is 12.1 Å². The highest BCUT2D eigenvalue weighted by Crippen LogP contribution is 2.22. The molecule has 0 aromatic heterocycles. The molecule has 0 atom stereocenters. The Bertz CT molecular complexity index is 927. The molecule has 0 spiro atoms. The van der Waals surface area contributed by atoms with Gasteiger partial charge in [-0.2, -0.15) is 0 Å². The first kappa shape index (κ1) is 21.2. The minimum absolute atomic E-state index is 0.126. The Morgan fingerprint density at radius 3 is 2.70 bits per heavy atom. The molecular weight excluding hydrogens is 388 g/mol. The first-order valence-corrected chi connectivity index (χ1v) is 9.71. The summed E-state index contributed by atoms with van der Waals surface area (Å²) >= 11 is 0. The van der Waals surface area contributed by atoms with E-state index >= 15 is 0 Å². The fraction of sp³-hybridized carbons (Fsp3) is 0.318. The van der Waals surface area contributed by atoms with Crippen LogP contribution in [-0.2, 0) is 14.4 Å². The van der Waals surface area contributed by atoms with Crippen LogP contribution in [0.4, 0.5) is 10.5 Å². The van der Waals surface area contributed by atoms with E-state index in [1.54, 1.807) is 29.2 Å². The number of carbonyl (C=O) groups excluding carboxylic acids is 2. The van der Waals surface area contributed by atoms with E-state index in [1.807, 2.05) is 31.2 Å². The van der Waals surface area contributed by atoms with Gasteiger partial charge in [0.15, 0.2) is 0 Å². The number of benzene rings is 2. The monoisotopic (exact) mass is 412 g/mol. The van der Waals surface area contributed by atoms with E-state index in [9.17, 15) is 9.59 Å². The first-order valence-electron chi connectivity index (χ1n) is 9.71. The van der Waals surface area contributed by atoms with E-state index in [0.717, 1.165) is 17.7 Å². The molecule has 2 aromatic rings. The average Bonchev–Trinajstić information content (AvgIpc) is 3.16. The van der Waals surface area contributed by atoms with Crippen LogP contribution in [0.2, 0.25) is 0 Å². The van der Waals surface area contributed by atoms with Crippen molar-refractivity contribution in [2.75, 3.05) is 31.3 Å². The fourth-order valence-electron chi connectivity index (χ4n) is 2.80. The van der Waals surface area contributed by atoms with Crippen molar-refractivity contribution in [2.45, 2.75) is 20.3 Å². The number of nitrogens with zero attached hydrogens (tertiary/aromatic N) is 2. The highest BCUT2D eigenvalue weighted by atomic mass is 16.6. The molecule has 1 aliphatic heterocycles. The maximum atomic E-state index is 11.9. The van der Waals surface area contributed by atoms with Crippen molar-refractivity contribution in [1.82, 2.24) is 0 Å². The summed E-state index contributed by atoms with van der Waals surface area (Å²) in [5.41, 5.74) is 2.05. The third-order valence-electron chi connectivity index (χ3n) is 4.16. The van der Waals surface area contributed by atoms with Crippen molar-refractivity contribution >= 4 is 23.5 Å². The molecule has 8 nitrogen and oxygen atoms in total. The number of anilines is 1. The summed E-state index contributed by atoms with van der Waals surface area (Å²) in [7, 11) is 0. The second kappa shape index (κ2) is 10.3. The van der Waals surface area contributed by atoms with Crippen LogP contribution in [0.3, 0.4) is 0 Å². The molecule has 30 heavy (non-hydrogen) atoms. The minimum atomic E-state index is -0.403. The molecule has 1 saturated heterocycles. The summed E-state index contributed by atoms with van der Waals surface area (Å²) in [5, 5.41) is 4.23. The molecule has 158 valence electrons. The van der Waals surface area contributed by atoms with E-state index in [1.165, 1.54) is 6.92 Å². The molecule has 0 unspecified atom stereocenters. The Hall–Kier alpha value is -3.55. The van der Waals surface area contributed by atoms with Gasteiger partial charge in [-0.25, -0.2) is 4.79 Å². The van der Waals surface area contributed by atoms with Crippen molar-refractivity contribution < 1.29 is 28.6 Å². The first-order chi connectivity index (χ1) is 14.6. The standard InChI is InChI=1S/C22H24N2O6/c1-3-11-29-23-21(15-28-19-8-5-9-20(14-19)30-16(2)25)17-6-4-7-18(13-17)24-10-12-27-22(24)26/h4-9,13-14H,3,10-12,15H2,1-2H3. The number of oxime groups is 1. The minimum Gasteiger partial charge on any atom is -0.487 e. The number of ether oxygens (including phenoxy) is 3. The topological polar surface area (TPSA) is 86.7 Å². The number of hydrogen-bond donors (Lipinski definition) is 0. The predicted octanol–water partition coefficient (Wildman–Crippen LogP) is 3.78. The molecule has 1 heterocycles. The SMILES string of the molecule is CCCON=C(COc1cccc(OC(C)=O)c1)c1cccc(N2CCOC2=O)c1. The highest BCUT2D eigenvalue weighted by molar-refractivity contribution is 6.03. The van der Waals surface area contributed by atoms with Crippen LogP contribution in [0.5, 0.6) is 11.5 Å². The van der Waals surface area contributed by atoms with Gasteiger partial charge in [0, 0.05) is 24.2 Å². The number of hydrogen-bond acceptors (Lipinski definition) is 7. The van der Waals surface area contributed by atoms with Crippen LogP contribution in [0, 0.1) is 0 Å². The molecular formula is C22H24N2O6. The number of cyclic esters (lactones) is 1. The van der Waals surface area contributed by atoms with Gasteiger partial charge in [-0.15, -0.1) is 0 Å². The fourth-order valence-corrected chi connectivity index (χ4v) is 2.80. The highest BCUT2D eigenvalue weighted by Gasteiger charge is 2.24. The lowest BCUT2D eigenvalue weighted by Crippen LogP contribution is -2.23. The lowest BCUT2D eigenvalue weighted by atomic mass is 10.1. The third kappa shape index (κ3) is 5.73. The molecule has 0 saturated carbocycles. The van der Waals surface area contributed by atoms with Crippen molar-refractivity contribution in [2.24, 2.45) is 5.16 Å². The second-order valence-electron chi connectivity index (χ2n) is 6.54. The Balaban J connectivity index is 1.78. The Kier molecular flexibility index (Phi) is 7.26. The number of esters is 1. The number of amides is 1. The van der Waals surface area contributed by atoms with E-state index in [0.29, 0.717) is 37.0 Å². The zero-order chi connectivity index (χ0) is 21.3. The Labute approximate surface area is 175 Å². The maximum Gasteiger partial charge on any atom is 0.414 e. The van der Waals surface area contributed by atoms with Gasteiger partial charge in [0.2, 0.25) is 0 Å². The van der Waals surface area contributed by atoms with Gasteiger partial charge in [-0.05, 0) is 30.7 Å². The van der Waals surface area contributed by atoms with Gasteiger partial charge in [0.25, 0.3) is 0 Å². The molecule has 2 aromatic carbocycles. The molecule has 1 aliphatic rings. The smallest absolute Gasteiger partial charge is 0.414 e. The largest absolute Gasteiger partial charge is 0.487 e. The summed E-state index contributed by atoms with van der Waals surface area (Å²) < 4.78 is 16.0. The van der Waals surface area contributed by atoms with Crippen LogP contribution in [0.1, 0.15) is 25.8 Å². The van der Waals surface area contributed by atoms with E-state index in [-0.39, 0.29) is 12.7 Å². The van der Waals surface area contributed by atoms with Crippen LogP contribution < -0.4 is 14.4 Å². The van der Waals surface area contributed by atoms with Gasteiger partial charge in [0.05, 0.1) is 6.54 Å². The zero-order valence-corrected chi connectivity index (χ0v) is 17.0. The van der Waals surface area contributed by atoms with Gasteiger partial charge in [-0.3, -0.25) is 9.69 Å². The Morgan fingerprint density at radius 2 is 1.97 bits per heavy atom. The number of carbonyl (C=O) groups is 2. The lowest BCUT2D eigenvalue weighted by molar-refractivity contribution is -0.131. The zero-order valence-electron chi connectivity index (χ0n) is 17.0. The van der Waals surface area contributed by atoms with E-state index in [2.05, 4.69) is 5.16 Å². The molecule has 8 heteroatoms. The summed E-state index contributed by atoms with van der Waals surface area (Å²) in [5.74, 6) is 0.520. The molecule has 1 fully saturated rings. The summed E-state index contributed by atoms with van der Waals surface area (Å²) in [6.45, 7) is 4.80. The molecule has 0 aliphatic carbocycles. The van der Waals surface area contributed by atoms with Crippen LogP contribution in [0.15, 0.2) is 53.7 Å². The van der Waals surface area contributed by atoms with Crippen LogP contribution in [-0.4, -0.2) is 44.1 Å². The summed E-state index contributed by atoms with van der Waals surface area (Å²) in [6.07, 6.45) is 0.452. The molecule has 0 bridgehead atoms. The van der Waals surface area contributed by atoms with Crippen LogP contribution >= 0.6 is 0 Å². The third-order valence-corrected chi connectivity index (χ3v) is 4.16. The van der Waals surface area contributed by atoms with Gasteiger partial charge < -0.3 is 19.0 Å². The second-order valence-corrected chi connectivity index (χ2v) is 6.54. The van der Waals surface area contributed by atoms with E-state index in [4.69, 9.17) is 19.0 Å². The quantitative estimate of drug-likeness (QED) is 0.205. The van der Waals surface area contributed by atoms with Gasteiger partial charge in [-0.1, -0.05) is 30.3 Å². The van der Waals surface area contributed by atoms with Crippen LogP contribution in [0.25, 0.3) is 0 Å². The van der Waals surface area contributed by atoms with E-state index < -0.39 is 5.97 Å².